The first-order valence-electron chi connectivity index (χ1n) is 9.94. The van der Waals surface area contributed by atoms with Crippen LogP contribution < -0.4 is 4.74 Å². The van der Waals surface area contributed by atoms with E-state index in [2.05, 4.69) is 23.3 Å². The molecule has 1 saturated heterocycles. The number of para-hydroxylation sites is 1. The van der Waals surface area contributed by atoms with Gasteiger partial charge >= 0.3 is 0 Å². The third kappa shape index (κ3) is 4.32. The van der Waals surface area contributed by atoms with Crippen LogP contribution in [0.1, 0.15) is 24.8 Å². The van der Waals surface area contributed by atoms with E-state index >= 15 is 0 Å². The summed E-state index contributed by atoms with van der Waals surface area (Å²) >= 11 is 0. The second-order valence-electron chi connectivity index (χ2n) is 7.53. The fourth-order valence-electron chi connectivity index (χ4n) is 3.79. The normalized spacial score (nSPS) is 17.0. The highest BCUT2D eigenvalue weighted by molar-refractivity contribution is 5.77. The number of hydrogen-bond donors (Lipinski definition) is 0. The van der Waals surface area contributed by atoms with Crippen LogP contribution in [0, 0.1) is 12.8 Å². The molecule has 0 saturated carbocycles. The largest absolute Gasteiger partial charge is 0.493 e. The van der Waals surface area contributed by atoms with E-state index in [0.717, 1.165) is 42.7 Å². The van der Waals surface area contributed by atoms with Gasteiger partial charge in [0.1, 0.15) is 11.3 Å². The van der Waals surface area contributed by atoms with E-state index in [0.29, 0.717) is 25.5 Å². The SMILES string of the molecule is Cc1cccc(OC[C@H]2CCCN(C(=O)CCn3nnc4ccccc43)C2)c1. The molecule has 1 aliphatic heterocycles. The molecular formula is C22H26N4O2. The topological polar surface area (TPSA) is 60.2 Å². The number of fused-ring (bicyclic) bond motifs is 1. The fourth-order valence-corrected chi connectivity index (χ4v) is 3.79. The molecule has 1 atom stereocenters. The number of carbonyl (C=O) groups is 1. The van der Waals surface area contributed by atoms with Gasteiger partial charge in [0.25, 0.3) is 0 Å². The van der Waals surface area contributed by atoms with Gasteiger partial charge in [-0.15, -0.1) is 5.10 Å². The predicted octanol–water partition coefficient (Wildman–Crippen LogP) is 3.45. The third-order valence-corrected chi connectivity index (χ3v) is 5.30. The molecule has 0 N–H and O–H groups in total. The number of amides is 1. The van der Waals surface area contributed by atoms with Crippen LogP contribution in [0.4, 0.5) is 0 Å². The lowest BCUT2D eigenvalue weighted by Gasteiger charge is -2.32. The fraction of sp³-hybridized carbons (Fsp3) is 0.409. The summed E-state index contributed by atoms with van der Waals surface area (Å²) in [5, 5.41) is 8.33. The van der Waals surface area contributed by atoms with Crippen molar-refractivity contribution in [2.24, 2.45) is 5.92 Å². The Bertz CT molecular complexity index is 952. The van der Waals surface area contributed by atoms with Crippen molar-refractivity contribution < 1.29 is 9.53 Å². The van der Waals surface area contributed by atoms with Crippen LogP contribution in [-0.2, 0) is 11.3 Å². The summed E-state index contributed by atoms with van der Waals surface area (Å²) in [6, 6.07) is 15.9. The summed E-state index contributed by atoms with van der Waals surface area (Å²) in [4.78, 5) is 14.7. The summed E-state index contributed by atoms with van der Waals surface area (Å²) in [6.45, 7) is 4.87. The quantitative estimate of drug-likeness (QED) is 0.659. The van der Waals surface area contributed by atoms with Crippen LogP contribution in [0.15, 0.2) is 48.5 Å². The first kappa shape index (κ1) is 18.5. The number of nitrogens with zero attached hydrogens (tertiary/aromatic N) is 4. The molecule has 28 heavy (non-hydrogen) atoms. The van der Waals surface area contributed by atoms with Crippen molar-refractivity contribution in [1.29, 1.82) is 0 Å². The zero-order valence-electron chi connectivity index (χ0n) is 16.3. The number of aromatic nitrogens is 3. The minimum Gasteiger partial charge on any atom is -0.493 e. The standard InChI is InChI=1S/C22H26N4O2/c1-17-6-4-8-19(14-17)28-16-18-7-5-12-25(15-18)22(27)11-13-26-21-10-3-2-9-20(21)23-24-26/h2-4,6,8-10,14,18H,5,7,11-13,15-16H2,1H3/t18-/m0/s1. The molecule has 1 fully saturated rings. The summed E-state index contributed by atoms with van der Waals surface area (Å²) in [7, 11) is 0. The van der Waals surface area contributed by atoms with Crippen molar-refractivity contribution in [3.8, 4) is 5.75 Å². The maximum absolute atomic E-state index is 12.7. The van der Waals surface area contributed by atoms with E-state index in [-0.39, 0.29) is 5.91 Å². The molecule has 2 heterocycles. The van der Waals surface area contributed by atoms with Gasteiger partial charge in [-0.05, 0) is 49.6 Å². The first-order chi connectivity index (χ1) is 13.7. The molecule has 0 radical (unpaired) electrons. The zero-order chi connectivity index (χ0) is 19.3. The molecule has 0 spiro atoms. The maximum atomic E-state index is 12.7. The minimum atomic E-state index is 0.180. The van der Waals surface area contributed by atoms with Crippen molar-refractivity contribution >= 4 is 16.9 Å². The minimum absolute atomic E-state index is 0.180. The monoisotopic (exact) mass is 378 g/mol. The lowest BCUT2D eigenvalue weighted by molar-refractivity contribution is -0.133. The van der Waals surface area contributed by atoms with Crippen molar-refractivity contribution in [1.82, 2.24) is 19.9 Å². The molecule has 6 nitrogen and oxygen atoms in total. The van der Waals surface area contributed by atoms with Crippen molar-refractivity contribution in [2.75, 3.05) is 19.7 Å². The Hall–Kier alpha value is -2.89. The van der Waals surface area contributed by atoms with E-state index in [1.807, 2.05) is 52.0 Å². The number of hydrogen-bond acceptors (Lipinski definition) is 4. The Morgan fingerprint density at radius 3 is 3.00 bits per heavy atom. The number of rotatable bonds is 6. The van der Waals surface area contributed by atoms with Gasteiger partial charge in [0, 0.05) is 25.4 Å². The first-order valence-corrected chi connectivity index (χ1v) is 9.94. The molecule has 3 aromatic rings. The average molecular weight is 378 g/mol. The molecule has 146 valence electrons. The van der Waals surface area contributed by atoms with Crippen LogP contribution in [0.3, 0.4) is 0 Å². The number of benzene rings is 2. The molecule has 2 aromatic carbocycles. The number of ether oxygens (including phenoxy) is 1. The Morgan fingerprint density at radius 2 is 2.11 bits per heavy atom. The summed E-state index contributed by atoms with van der Waals surface area (Å²) in [5.74, 6) is 1.46. The van der Waals surface area contributed by atoms with Gasteiger partial charge < -0.3 is 9.64 Å². The molecule has 6 heteroatoms. The Morgan fingerprint density at radius 1 is 1.21 bits per heavy atom. The van der Waals surface area contributed by atoms with Gasteiger partial charge in [0.05, 0.1) is 18.7 Å². The Kier molecular flexibility index (Phi) is 5.55. The molecule has 4 rings (SSSR count). The second kappa shape index (κ2) is 8.42. The average Bonchev–Trinajstić information content (AvgIpc) is 3.14. The van der Waals surface area contributed by atoms with Crippen LogP contribution in [0.25, 0.3) is 11.0 Å². The highest BCUT2D eigenvalue weighted by atomic mass is 16.5. The molecule has 1 amide bonds. The number of likely N-dealkylation sites (tertiary alicyclic amines) is 1. The second-order valence-corrected chi connectivity index (χ2v) is 7.53. The Labute approximate surface area is 165 Å². The number of piperidine rings is 1. The van der Waals surface area contributed by atoms with Gasteiger partial charge in [-0.1, -0.05) is 29.5 Å². The summed E-state index contributed by atoms with van der Waals surface area (Å²) in [5.41, 5.74) is 3.03. The Balaban J connectivity index is 1.29. The van der Waals surface area contributed by atoms with Crippen LogP contribution in [0.5, 0.6) is 5.75 Å². The van der Waals surface area contributed by atoms with E-state index in [1.54, 1.807) is 0 Å². The molecule has 1 aliphatic rings. The van der Waals surface area contributed by atoms with Gasteiger partial charge in [-0.3, -0.25) is 4.79 Å². The smallest absolute Gasteiger partial charge is 0.224 e. The summed E-state index contributed by atoms with van der Waals surface area (Å²) in [6.07, 6.45) is 2.57. The number of carbonyl (C=O) groups excluding carboxylic acids is 1. The van der Waals surface area contributed by atoms with Crippen molar-refractivity contribution in [2.45, 2.75) is 32.7 Å². The van der Waals surface area contributed by atoms with E-state index in [9.17, 15) is 4.79 Å². The highest BCUT2D eigenvalue weighted by Crippen LogP contribution is 2.20. The van der Waals surface area contributed by atoms with Crippen molar-refractivity contribution in [3.05, 3.63) is 54.1 Å². The maximum Gasteiger partial charge on any atom is 0.224 e. The zero-order valence-corrected chi connectivity index (χ0v) is 16.3. The molecule has 0 bridgehead atoms. The van der Waals surface area contributed by atoms with Crippen LogP contribution in [0.2, 0.25) is 0 Å². The van der Waals surface area contributed by atoms with Gasteiger partial charge in [0.15, 0.2) is 0 Å². The summed E-state index contributed by atoms with van der Waals surface area (Å²) < 4.78 is 7.78. The van der Waals surface area contributed by atoms with Gasteiger partial charge in [0.2, 0.25) is 5.91 Å². The lowest BCUT2D eigenvalue weighted by Crippen LogP contribution is -2.41. The van der Waals surface area contributed by atoms with E-state index < -0.39 is 0 Å². The van der Waals surface area contributed by atoms with Crippen LogP contribution in [-0.4, -0.2) is 45.5 Å². The molecular weight excluding hydrogens is 352 g/mol. The van der Waals surface area contributed by atoms with Crippen molar-refractivity contribution in [3.63, 3.8) is 0 Å². The third-order valence-electron chi connectivity index (χ3n) is 5.30. The molecule has 0 aliphatic carbocycles. The van der Waals surface area contributed by atoms with E-state index in [4.69, 9.17) is 4.74 Å². The molecule has 1 aromatic heterocycles. The van der Waals surface area contributed by atoms with Crippen LogP contribution >= 0.6 is 0 Å². The van der Waals surface area contributed by atoms with E-state index in [1.165, 1.54) is 5.56 Å². The lowest BCUT2D eigenvalue weighted by atomic mass is 9.98. The van der Waals surface area contributed by atoms with Gasteiger partial charge in [-0.25, -0.2) is 4.68 Å². The highest BCUT2D eigenvalue weighted by Gasteiger charge is 2.24. The predicted molar refractivity (Wildman–Crippen MR) is 108 cm³/mol. The molecule has 0 unspecified atom stereocenters. The number of aryl methyl sites for hydroxylation is 2. The van der Waals surface area contributed by atoms with Gasteiger partial charge in [-0.2, -0.15) is 0 Å².